The molecule has 0 amide bonds. The molecule has 0 heterocycles. The van der Waals surface area contributed by atoms with Gasteiger partial charge in [0.1, 0.15) is 0 Å². The number of aliphatic hydroxyl groups is 1. The third-order valence-electron chi connectivity index (χ3n) is 2.25. The summed E-state index contributed by atoms with van der Waals surface area (Å²) in [6, 6.07) is 0. The molecule has 0 bridgehead atoms. The first kappa shape index (κ1) is 12.9. The lowest BCUT2D eigenvalue weighted by atomic mass is 10.0. The second-order valence-corrected chi connectivity index (χ2v) is 3.34. The van der Waals surface area contributed by atoms with Crippen molar-refractivity contribution >= 4 is 0 Å². The highest BCUT2D eigenvalue weighted by Gasteiger charge is 2.03. The van der Waals surface area contributed by atoms with Gasteiger partial charge in [0, 0.05) is 20.3 Å². The van der Waals surface area contributed by atoms with Crippen LogP contribution in [0.4, 0.5) is 0 Å². The highest BCUT2D eigenvalue weighted by atomic mass is 16.5. The maximum Gasteiger partial charge on any atom is 0.0474 e. The predicted molar refractivity (Wildman–Crippen MR) is 54.8 cm³/mol. The molecule has 0 aliphatic heterocycles. The zero-order valence-electron chi connectivity index (χ0n) is 8.88. The molecule has 0 aromatic rings. The van der Waals surface area contributed by atoms with Gasteiger partial charge in [-0.2, -0.15) is 0 Å². The monoisotopic (exact) mass is 189 g/mol. The summed E-state index contributed by atoms with van der Waals surface area (Å²) in [5.74, 6) is 0.618. The van der Waals surface area contributed by atoms with E-state index >= 15 is 0 Å². The van der Waals surface area contributed by atoms with Crippen LogP contribution in [0.15, 0.2) is 0 Å². The Balaban J connectivity index is 3.17. The number of aliphatic hydroxyl groups excluding tert-OH is 1. The lowest BCUT2D eigenvalue weighted by Crippen LogP contribution is -2.24. The average molecular weight is 189 g/mol. The molecule has 3 heteroatoms. The van der Waals surface area contributed by atoms with Gasteiger partial charge < -0.3 is 15.2 Å². The minimum atomic E-state index is 0.304. The Morgan fingerprint density at radius 1 is 1.46 bits per heavy atom. The lowest BCUT2D eigenvalue weighted by molar-refractivity contribution is 0.193. The first-order valence-electron chi connectivity index (χ1n) is 5.15. The van der Waals surface area contributed by atoms with Gasteiger partial charge in [-0.25, -0.2) is 0 Å². The summed E-state index contributed by atoms with van der Waals surface area (Å²) in [5, 5.41) is 12.1. The molecule has 0 fully saturated rings. The fraction of sp³-hybridized carbons (Fsp3) is 1.00. The summed E-state index contributed by atoms with van der Waals surface area (Å²) >= 11 is 0. The van der Waals surface area contributed by atoms with E-state index in [0.717, 1.165) is 39.0 Å². The molecule has 0 saturated carbocycles. The highest BCUT2D eigenvalue weighted by Crippen LogP contribution is 2.05. The molecule has 13 heavy (non-hydrogen) atoms. The molecular weight excluding hydrogens is 166 g/mol. The van der Waals surface area contributed by atoms with E-state index in [0.29, 0.717) is 12.5 Å². The van der Waals surface area contributed by atoms with Crippen LogP contribution in [0.5, 0.6) is 0 Å². The second-order valence-electron chi connectivity index (χ2n) is 3.34. The molecular formula is C10H23NO2. The Bertz CT molecular complexity index is 98.9. The van der Waals surface area contributed by atoms with Crippen molar-refractivity contribution in [1.29, 1.82) is 0 Å². The first-order chi connectivity index (χ1) is 6.35. The van der Waals surface area contributed by atoms with Gasteiger partial charge in [0.15, 0.2) is 0 Å². The Morgan fingerprint density at radius 3 is 2.77 bits per heavy atom. The van der Waals surface area contributed by atoms with E-state index in [9.17, 15) is 0 Å². The molecule has 0 spiro atoms. The molecule has 3 nitrogen and oxygen atoms in total. The molecule has 0 saturated heterocycles. The van der Waals surface area contributed by atoms with E-state index in [1.807, 2.05) is 0 Å². The molecule has 1 unspecified atom stereocenters. The number of ether oxygens (including phenoxy) is 1. The van der Waals surface area contributed by atoms with Crippen molar-refractivity contribution in [2.75, 3.05) is 33.4 Å². The van der Waals surface area contributed by atoms with Crippen LogP contribution in [0, 0.1) is 5.92 Å². The van der Waals surface area contributed by atoms with Crippen LogP contribution in [0.3, 0.4) is 0 Å². The largest absolute Gasteiger partial charge is 0.396 e. The quantitative estimate of drug-likeness (QED) is 0.532. The molecule has 0 rings (SSSR count). The molecule has 0 aromatic heterocycles. The summed E-state index contributed by atoms with van der Waals surface area (Å²) in [7, 11) is 1.72. The second kappa shape index (κ2) is 9.96. The zero-order chi connectivity index (χ0) is 9.94. The van der Waals surface area contributed by atoms with Gasteiger partial charge in [0.05, 0.1) is 0 Å². The molecule has 0 aliphatic rings. The summed E-state index contributed by atoms with van der Waals surface area (Å²) < 4.78 is 4.94. The van der Waals surface area contributed by atoms with Crippen molar-refractivity contribution in [3.63, 3.8) is 0 Å². The van der Waals surface area contributed by atoms with Gasteiger partial charge in [-0.15, -0.1) is 0 Å². The molecule has 0 aliphatic carbocycles. The Morgan fingerprint density at radius 2 is 2.23 bits per heavy atom. The minimum absolute atomic E-state index is 0.304. The van der Waals surface area contributed by atoms with Crippen LogP contribution in [0.25, 0.3) is 0 Å². The molecule has 0 aromatic carbocycles. The van der Waals surface area contributed by atoms with E-state index in [2.05, 4.69) is 12.2 Å². The summed E-state index contributed by atoms with van der Waals surface area (Å²) in [6.07, 6.45) is 3.11. The van der Waals surface area contributed by atoms with Crippen LogP contribution in [-0.4, -0.2) is 38.5 Å². The number of hydrogen-bond donors (Lipinski definition) is 2. The van der Waals surface area contributed by atoms with E-state index in [-0.39, 0.29) is 0 Å². The van der Waals surface area contributed by atoms with Crippen LogP contribution < -0.4 is 5.32 Å². The van der Waals surface area contributed by atoms with E-state index in [1.54, 1.807) is 7.11 Å². The number of nitrogens with one attached hydrogen (secondary N) is 1. The first-order valence-corrected chi connectivity index (χ1v) is 5.15. The third-order valence-corrected chi connectivity index (χ3v) is 2.25. The number of methoxy groups -OCH3 is 1. The average Bonchev–Trinajstić information content (AvgIpc) is 2.16. The van der Waals surface area contributed by atoms with Crippen molar-refractivity contribution in [2.45, 2.75) is 26.2 Å². The standard InChI is InChI=1S/C10H23NO2/c1-3-10(5-7-12)9-11-6-4-8-13-2/h10-12H,3-9H2,1-2H3. The van der Waals surface area contributed by atoms with Gasteiger partial charge >= 0.3 is 0 Å². The van der Waals surface area contributed by atoms with E-state index in [1.165, 1.54) is 0 Å². The maximum absolute atomic E-state index is 8.76. The maximum atomic E-state index is 8.76. The Hall–Kier alpha value is -0.120. The van der Waals surface area contributed by atoms with E-state index < -0.39 is 0 Å². The van der Waals surface area contributed by atoms with Crippen LogP contribution >= 0.6 is 0 Å². The predicted octanol–water partition coefficient (Wildman–Crippen LogP) is 1.02. The number of hydrogen-bond acceptors (Lipinski definition) is 3. The van der Waals surface area contributed by atoms with Crippen LogP contribution in [-0.2, 0) is 4.74 Å². The van der Waals surface area contributed by atoms with Crippen molar-refractivity contribution in [2.24, 2.45) is 5.92 Å². The fourth-order valence-corrected chi connectivity index (χ4v) is 1.28. The van der Waals surface area contributed by atoms with Crippen molar-refractivity contribution in [3.05, 3.63) is 0 Å². The fourth-order valence-electron chi connectivity index (χ4n) is 1.28. The Labute approximate surface area is 81.5 Å². The van der Waals surface area contributed by atoms with Crippen molar-refractivity contribution in [3.8, 4) is 0 Å². The highest BCUT2D eigenvalue weighted by molar-refractivity contribution is 4.60. The van der Waals surface area contributed by atoms with Crippen molar-refractivity contribution in [1.82, 2.24) is 5.32 Å². The summed E-state index contributed by atoms with van der Waals surface area (Å²) in [5.41, 5.74) is 0. The topological polar surface area (TPSA) is 41.5 Å². The minimum Gasteiger partial charge on any atom is -0.396 e. The van der Waals surface area contributed by atoms with Crippen molar-refractivity contribution < 1.29 is 9.84 Å². The van der Waals surface area contributed by atoms with Gasteiger partial charge in [-0.05, 0) is 31.8 Å². The van der Waals surface area contributed by atoms with Gasteiger partial charge in [-0.1, -0.05) is 13.3 Å². The van der Waals surface area contributed by atoms with E-state index in [4.69, 9.17) is 9.84 Å². The molecule has 80 valence electrons. The van der Waals surface area contributed by atoms with Gasteiger partial charge in [0.2, 0.25) is 0 Å². The molecule has 0 radical (unpaired) electrons. The third kappa shape index (κ3) is 8.22. The SMILES string of the molecule is CCC(CCO)CNCCCOC. The molecule has 1 atom stereocenters. The normalized spacial score (nSPS) is 13.2. The van der Waals surface area contributed by atoms with Crippen LogP contribution in [0.2, 0.25) is 0 Å². The van der Waals surface area contributed by atoms with Gasteiger partial charge in [0.25, 0.3) is 0 Å². The van der Waals surface area contributed by atoms with Gasteiger partial charge in [-0.3, -0.25) is 0 Å². The molecule has 2 N–H and O–H groups in total. The number of rotatable bonds is 9. The smallest absolute Gasteiger partial charge is 0.0474 e. The Kier molecular flexibility index (Phi) is 9.87. The zero-order valence-corrected chi connectivity index (χ0v) is 8.88. The summed E-state index contributed by atoms with van der Waals surface area (Å²) in [4.78, 5) is 0. The summed E-state index contributed by atoms with van der Waals surface area (Å²) in [6.45, 7) is 5.32. The lowest BCUT2D eigenvalue weighted by Gasteiger charge is -2.13. The van der Waals surface area contributed by atoms with Crippen LogP contribution in [0.1, 0.15) is 26.2 Å².